The number of rotatable bonds is 8. The maximum atomic E-state index is 13.4. The molecule has 0 radical (unpaired) electrons. The minimum atomic E-state index is -3.72. The van der Waals surface area contributed by atoms with Crippen molar-refractivity contribution in [1.29, 1.82) is 0 Å². The number of sulfonamides is 1. The van der Waals surface area contributed by atoms with Gasteiger partial charge < -0.3 is 5.11 Å². The van der Waals surface area contributed by atoms with Gasteiger partial charge in [0.2, 0.25) is 10.0 Å². The van der Waals surface area contributed by atoms with Crippen molar-refractivity contribution in [3.05, 3.63) is 34.1 Å². The fraction of sp³-hybridized carbons (Fsp3) is 0.500. The van der Waals surface area contributed by atoms with Gasteiger partial charge in [-0.1, -0.05) is 19.9 Å². The zero-order valence-corrected chi connectivity index (χ0v) is 14.7. The number of carboxylic acid groups (broad SMARTS) is 1. The zero-order chi connectivity index (χ0) is 16.9. The van der Waals surface area contributed by atoms with Crippen LogP contribution in [0.4, 0.5) is 4.39 Å². The van der Waals surface area contributed by atoms with Crippen LogP contribution in [-0.2, 0) is 20.6 Å². The largest absolute Gasteiger partial charge is 0.481 e. The smallest absolute Gasteiger partial charge is 0.307 e. The molecule has 0 aliphatic rings. The normalized spacial score (nSPS) is 13.3. The lowest BCUT2D eigenvalue weighted by Gasteiger charge is -2.15. The molecule has 1 aromatic rings. The van der Waals surface area contributed by atoms with Crippen LogP contribution in [0.2, 0.25) is 0 Å². The molecule has 0 amide bonds. The Hall–Kier alpha value is -0.990. The standard InChI is InChI=1S/C14H19BrFNO4S/c1-9(2)5-11(14(18)19)7-17-22(20,21)8-10-3-4-12(15)13(16)6-10/h3-4,6,9,11,17H,5,7-8H2,1-2H3,(H,18,19). The number of hydrogen-bond acceptors (Lipinski definition) is 3. The minimum absolute atomic E-state index is 0.145. The number of halogens is 2. The van der Waals surface area contributed by atoms with E-state index in [4.69, 9.17) is 5.11 Å². The van der Waals surface area contributed by atoms with E-state index in [0.29, 0.717) is 12.0 Å². The predicted molar refractivity (Wildman–Crippen MR) is 85.3 cm³/mol. The lowest BCUT2D eigenvalue weighted by molar-refractivity contribution is -0.142. The first-order valence-electron chi connectivity index (χ1n) is 6.75. The Labute approximate surface area is 138 Å². The second-order valence-electron chi connectivity index (χ2n) is 5.52. The Morgan fingerprint density at radius 2 is 2.05 bits per heavy atom. The molecule has 0 aliphatic carbocycles. The van der Waals surface area contributed by atoms with Gasteiger partial charge in [0.25, 0.3) is 0 Å². The molecule has 0 spiro atoms. The molecule has 2 N–H and O–H groups in total. The van der Waals surface area contributed by atoms with E-state index in [1.54, 1.807) is 0 Å². The summed E-state index contributed by atoms with van der Waals surface area (Å²) < 4.78 is 39.9. The average molecular weight is 396 g/mol. The van der Waals surface area contributed by atoms with Crippen LogP contribution in [0.1, 0.15) is 25.8 Å². The molecule has 5 nitrogen and oxygen atoms in total. The van der Waals surface area contributed by atoms with Crippen molar-refractivity contribution in [2.24, 2.45) is 11.8 Å². The third-order valence-electron chi connectivity index (χ3n) is 3.00. The molecule has 1 atom stereocenters. The Kier molecular flexibility index (Phi) is 6.96. The van der Waals surface area contributed by atoms with Gasteiger partial charge in [0, 0.05) is 6.54 Å². The Morgan fingerprint density at radius 1 is 1.41 bits per heavy atom. The molecule has 0 heterocycles. The monoisotopic (exact) mass is 395 g/mol. The van der Waals surface area contributed by atoms with Gasteiger partial charge in [-0.25, -0.2) is 17.5 Å². The molecule has 22 heavy (non-hydrogen) atoms. The van der Waals surface area contributed by atoms with Crippen molar-refractivity contribution >= 4 is 31.9 Å². The van der Waals surface area contributed by atoms with Gasteiger partial charge in [-0.3, -0.25) is 4.79 Å². The summed E-state index contributed by atoms with van der Waals surface area (Å²) in [5.41, 5.74) is 0.295. The van der Waals surface area contributed by atoms with Gasteiger partial charge in [-0.2, -0.15) is 0 Å². The molecule has 0 saturated carbocycles. The van der Waals surface area contributed by atoms with Crippen molar-refractivity contribution in [2.45, 2.75) is 26.0 Å². The molecule has 8 heteroatoms. The fourth-order valence-electron chi connectivity index (χ4n) is 1.97. The SMILES string of the molecule is CC(C)CC(CNS(=O)(=O)Cc1ccc(Br)c(F)c1)C(=O)O. The van der Waals surface area contributed by atoms with Gasteiger partial charge in [-0.05, 0) is 46.0 Å². The van der Waals surface area contributed by atoms with Gasteiger partial charge in [0.05, 0.1) is 16.1 Å². The van der Waals surface area contributed by atoms with E-state index in [0.717, 1.165) is 6.07 Å². The van der Waals surface area contributed by atoms with Gasteiger partial charge in [-0.15, -0.1) is 0 Å². The van der Waals surface area contributed by atoms with E-state index in [1.807, 2.05) is 13.8 Å². The molecule has 0 aromatic heterocycles. The number of aliphatic carboxylic acids is 1. The second-order valence-corrected chi connectivity index (χ2v) is 8.18. The van der Waals surface area contributed by atoms with E-state index in [2.05, 4.69) is 20.7 Å². The van der Waals surface area contributed by atoms with E-state index in [9.17, 15) is 17.6 Å². The average Bonchev–Trinajstić information content (AvgIpc) is 2.38. The highest BCUT2D eigenvalue weighted by Gasteiger charge is 2.22. The van der Waals surface area contributed by atoms with Gasteiger partial charge in [0.15, 0.2) is 0 Å². The molecule has 1 unspecified atom stereocenters. The summed E-state index contributed by atoms with van der Waals surface area (Å²) in [5, 5.41) is 9.09. The summed E-state index contributed by atoms with van der Waals surface area (Å²) in [7, 11) is -3.72. The lowest BCUT2D eigenvalue weighted by atomic mass is 9.98. The molecule has 1 aromatic carbocycles. The zero-order valence-electron chi connectivity index (χ0n) is 12.3. The molecular weight excluding hydrogens is 377 g/mol. The third-order valence-corrected chi connectivity index (χ3v) is 4.96. The highest BCUT2D eigenvalue weighted by atomic mass is 79.9. The highest BCUT2D eigenvalue weighted by molar-refractivity contribution is 9.10. The topological polar surface area (TPSA) is 83.5 Å². The molecule has 0 bridgehead atoms. The van der Waals surface area contributed by atoms with Crippen LogP contribution >= 0.6 is 15.9 Å². The minimum Gasteiger partial charge on any atom is -0.481 e. The predicted octanol–water partition coefficient (Wildman–Crippen LogP) is 2.75. The van der Waals surface area contributed by atoms with E-state index in [-0.39, 0.29) is 16.9 Å². The summed E-state index contributed by atoms with van der Waals surface area (Å²) in [6.45, 7) is 3.57. The summed E-state index contributed by atoms with van der Waals surface area (Å²) in [5.74, 6) is -2.62. The lowest BCUT2D eigenvalue weighted by Crippen LogP contribution is -2.34. The first-order valence-corrected chi connectivity index (χ1v) is 9.19. The highest BCUT2D eigenvalue weighted by Crippen LogP contribution is 2.18. The number of hydrogen-bond donors (Lipinski definition) is 2. The molecule has 124 valence electrons. The van der Waals surface area contributed by atoms with Gasteiger partial charge in [0.1, 0.15) is 5.82 Å². The Bertz CT molecular complexity index is 634. The van der Waals surface area contributed by atoms with Gasteiger partial charge >= 0.3 is 5.97 Å². The summed E-state index contributed by atoms with van der Waals surface area (Å²) in [4.78, 5) is 11.1. The number of nitrogens with one attached hydrogen (secondary N) is 1. The Balaban J connectivity index is 2.70. The van der Waals surface area contributed by atoms with Crippen LogP contribution in [0.5, 0.6) is 0 Å². The molecule has 0 aliphatic heterocycles. The van der Waals surface area contributed by atoms with Crippen molar-refractivity contribution in [3.63, 3.8) is 0 Å². The molecule has 0 saturated heterocycles. The van der Waals surface area contributed by atoms with Crippen molar-refractivity contribution < 1.29 is 22.7 Å². The third kappa shape index (κ3) is 6.41. The van der Waals surface area contributed by atoms with E-state index < -0.39 is 33.5 Å². The van der Waals surface area contributed by atoms with Crippen LogP contribution in [0.25, 0.3) is 0 Å². The maximum Gasteiger partial charge on any atom is 0.307 e. The van der Waals surface area contributed by atoms with E-state index in [1.165, 1.54) is 12.1 Å². The van der Waals surface area contributed by atoms with Crippen LogP contribution in [0.15, 0.2) is 22.7 Å². The summed E-state index contributed by atoms with van der Waals surface area (Å²) in [6.07, 6.45) is 0.380. The number of carbonyl (C=O) groups is 1. The second kappa shape index (κ2) is 8.03. The first kappa shape index (κ1) is 19.1. The van der Waals surface area contributed by atoms with Crippen molar-refractivity contribution in [3.8, 4) is 0 Å². The van der Waals surface area contributed by atoms with Crippen molar-refractivity contribution in [2.75, 3.05) is 6.54 Å². The Morgan fingerprint density at radius 3 is 2.55 bits per heavy atom. The van der Waals surface area contributed by atoms with Crippen molar-refractivity contribution in [1.82, 2.24) is 4.72 Å². The van der Waals surface area contributed by atoms with Crippen LogP contribution in [-0.4, -0.2) is 26.0 Å². The first-order chi connectivity index (χ1) is 10.1. The fourth-order valence-corrected chi connectivity index (χ4v) is 3.39. The van der Waals surface area contributed by atoms with Crippen LogP contribution < -0.4 is 4.72 Å². The molecule has 0 fully saturated rings. The maximum absolute atomic E-state index is 13.4. The quantitative estimate of drug-likeness (QED) is 0.708. The van der Waals surface area contributed by atoms with E-state index >= 15 is 0 Å². The molecule has 1 rings (SSSR count). The molecular formula is C14H19BrFNO4S. The van der Waals surface area contributed by atoms with Crippen LogP contribution in [0, 0.1) is 17.7 Å². The number of benzene rings is 1. The summed E-state index contributed by atoms with van der Waals surface area (Å²) in [6, 6.07) is 4.06. The number of carboxylic acids is 1. The van der Waals surface area contributed by atoms with Crippen LogP contribution in [0.3, 0.4) is 0 Å². The summed E-state index contributed by atoms with van der Waals surface area (Å²) >= 11 is 2.99.